The van der Waals surface area contributed by atoms with Crippen LogP contribution in [0.2, 0.25) is 0 Å². The number of aliphatic hydroxyl groups is 1. The number of carbonyl (C=O) groups is 1. The third-order valence-electron chi connectivity index (χ3n) is 3.19. The Morgan fingerprint density at radius 3 is 2.68 bits per heavy atom. The number of carbonyl (C=O) groups excluding carboxylic acids is 1. The van der Waals surface area contributed by atoms with E-state index in [1.165, 1.54) is 7.11 Å². The topological polar surface area (TPSA) is 46.5 Å². The maximum Gasteiger partial charge on any atom is 0.305 e. The van der Waals surface area contributed by atoms with Gasteiger partial charge in [-0.2, -0.15) is 0 Å². The maximum atomic E-state index is 10.9. The average molecular weight is 304 g/mol. The molecule has 1 unspecified atom stereocenters. The summed E-state index contributed by atoms with van der Waals surface area (Å²) in [6.07, 6.45) is 10.2. The summed E-state index contributed by atoms with van der Waals surface area (Å²) in [5, 5.41) is 9.68. The molecule has 0 aromatic heterocycles. The Balaban J connectivity index is 3.55. The van der Waals surface area contributed by atoms with Gasteiger partial charge in [0, 0.05) is 12.8 Å². The van der Waals surface area contributed by atoms with Crippen LogP contribution in [0.3, 0.4) is 0 Å². The van der Waals surface area contributed by atoms with Gasteiger partial charge in [0.15, 0.2) is 0 Å². The molecule has 0 bridgehead atoms. The molecule has 0 aliphatic carbocycles. The molecule has 0 heterocycles. The first-order valence-electron chi connectivity index (χ1n) is 8.05. The number of hydrogen-bond donors (Lipinski definition) is 1. The van der Waals surface area contributed by atoms with Crippen LogP contribution in [0.1, 0.15) is 64.2 Å². The van der Waals surface area contributed by atoms with Gasteiger partial charge in [0.1, 0.15) is 6.10 Å². The molecule has 0 saturated heterocycles. The first-order chi connectivity index (χ1) is 10.7. The molecule has 122 valence electrons. The lowest BCUT2D eigenvalue weighted by molar-refractivity contribution is -0.140. The number of methoxy groups -OCH3 is 1. The van der Waals surface area contributed by atoms with Crippen molar-refractivity contribution in [3.63, 3.8) is 0 Å². The molecule has 0 spiro atoms. The fraction of sp³-hybridized carbons (Fsp3) is 0.632. The number of aliphatic hydroxyl groups excluding tert-OH is 1. The molecule has 0 aromatic rings. The normalized spacial score (nSPS) is 10.6. The zero-order chi connectivity index (χ0) is 16.5. The Labute approximate surface area is 135 Å². The largest absolute Gasteiger partial charge is 0.469 e. The summed E-state index contributed by atoms with van der Waals surface area (Å²) < 4.78 is 4.57. The van der Waals surface area contributed by atoms with E-state index < -0.39 is 6.10 Å². The minimum Gasteiger partial charge on any atom is -0.469 e. The van der Waals surface area contributed by atoms with E-state index >= 15 is 0 Å². The molecule has 0 fully saturated rings. The lowest BCUT2D eigenvalue weighted by atomic mass is 10.1. The SMILES string of the molecule is C=CCCCCC#CC#CC(O)CCCCCCC(=O)OC. The second-order valence-corrected chi connectivity index (χ2v) is 5.15. The van der Waals surface area contributed by atoms with Gasteiger partial charge >= 0.3 is 5.97 Å². The number of ether oxygens (including phenoxy) is 1. The lowest BCUT2D eigenvalue weighted by Crippen LogP contribution is -2.02. The average Bonchev–Trinajstić information content (AvgIpc) is 2.52. The van der Waals surface area contributed by atoms with Crippen molar-refractivity contribution in [2.75, 3.05) is 7.11 Å². The van der Waals surface area contributed by atoms with E-state index in [0.29, 0.717) is 12.8 Å². The van der Waals surface area contributed by atoms with Crippen molar-refractivity contribution in [1.29, 1.82) is 0 Å². The molecule has 0 rings (SSSR count). The molecule has 0 amide bonds. The molecule has 3 heteroatoms. The summed E-state index contributed by atoms with van der Waals surface area (Å²) >= 11 is 0. The van der Waals surface area contributed by atoms with E-state index in [2.05, 4.69) is 35.0 Å². The van der Waals surface area contributed by atoms with Crippen molar-refractivity contribution in [2.45, 2.75) is 70.3 Å². The molecule has 0 aromatic carbocycles. The second-order valence-electron chi connectivity index (χ2n) is 5.15. The van der Waals surface area contributed by atoms with E-state index in [1.807, 2.05) is 6.08 Å². The summed E-state index contributed by atoms with van der Waals surface area (Å²) in [5.74, 6) is 11.1. The summed E-state index contributed by atoms with van der Waals surface area (Å²) in [6.45, 7) is 3.67. The van der Waals surface area contributed by atoms with Crippen LogP contribution in [0.4, 0.5) is 0 Å². The standard InChI is InChI=1S/C19H28O3/c1-3-4-5-6-7-8-9-12-15-18(20)16-13-10-11-14-17-19(21)22-2/h3,18,20H,1,4-7,10-11,13-14,16-17H2,2H3. The van der Waals surface area contributed by atoms with Gasteiger partial charge in [0.05, 0.1) is 7.11 Å². The predicted octanol–water partition coefficient (Wildman–Crippen LogP) is 3.61. The summed E-state index contributed by atoms with van der Waals surface area (Å²) in [7, 11) is 1.40. The smallest absolute Gasteiger partial charge is 0.305 e. The molecular weight excluding hydrogens is 276 g/mol. The fourth-order valence-electron chi connectivity index (χ4n) is 1.86. The van der Waals surface area contributed by atoms with Crippen molar-refractivity contribution < 1.29 is 14.6 Å². The maximum absolute atomic E-state index is 10.9. The highest BCUT2D eigenvalue weighted by Crippen LogP contribution is 2.07. The van der Waals surface area contributed by atoms with Gasteiger partial charge < -0.3 is 9.84 Å². The first kappa shape index (κ1) is 20.3. The summed E-state index contributed by atoms with van der Waals surface area (Å²) in [5.41, 5.74) is 0. The third kappa shape index (κ3) is 14.7. The minimum absolute atomic E-state index is 0.158. The van der Waals surface area contributed by atoms with Crippen LogP contribution in [-0.2, 0) is 9.53 Å². The number of hydrogen-bond acceptors (Lipinski definition) is 3. The van der Waals surface area contributed by atoms with Crippen LogP contribution in [0.25, 0.3) is 0 Å². The van der Waals surface area contributed by atoms with Crippen LogP contribution < -0.4 is 0 Å². The molecular formula is C19H28O3. The quantitative estimate of drug-likeness (QED) is 0.274. The van der Waals surface area contributed by atoms with Crippen molar-refractivity contribution >= 4 is 5.97 Å². The minimum atomic E-state index is -0.601. The Bertz CT molecular complexity index is 417. The van der Waals surface area contributed by atoms with E-state index in [1.54, 1.807) is 0 Å². The Hall–Kier alpha value is -1.71. The monoisotopic (exact) mass is 304 g/mol. The van der Waals surface area contributed by atoms with Crippen molar-refractivity contribution in [1.82, 2.24) is 0 Å². The highest BCUT2D eigenvalue weighted by molar-refractivity contribution is 5.68. The van der Waals surface area contributed by atoms with E-state index in [0.717, 1.165) is 51.4 Å². The first-order valence-corrected chi connectivity index (χ1v) is 8.05. The zero-order valence-electron chi connectivity index (χ0n) is 13.7. The molecule has 22 heavy (non-hydrogen) atoms. The molecule has 0 aliphatic heterocycles. The molecule has 3 nitrogen and oxygen atoms in total. The molecule has 0 radical (unpaired) electrons. The Kier molecular flexibility index (Phi) is 14.5. The van der Waals surface area contributed by atoms with Gasteiger partial charge in [-0.25, -0.2) is 0 Å². The van der Waals surface area contributed by atoms with Crippen LogP contribution in [0.15, 0.2) is 12.7 Å². The van der Waals surface area contributed by atoms with Crippen molar-refractivity contribution in [2.24, 2.45) is 0 Å². The number of rotatable bonds is 11. The molecule has 0 saturated carbocycles. The summed E-state index contributed by atoms with van der Waals surface area (Å²) in [6, 6.07) is 0. The van der Waals surface area contributed by atoms with Crippen LogP contribution >= 0.6 is 0 Å². The van der Waals surface area contributed by atoms with E-state index in [4.69, 9.17) is 0 Å². The predicted molar refractivity (Wildman–Crippen MR) is 89.9 cm³/mol. The van der Waals surface area contributed by atoms with Gasteiger partial charge in [-0.1, -0.05) is 30.8 Å². The molecule has 1 N–H and O–H groups in total. The second kappa shape index (κ2) is 15.7. The van der Waals surface area contributed by atoms with Gasteiger partial charge in [-0.05, 0) is 50.4 Å². The zero-order valence-corrected chi connectivity index (χ0v) is 13.7. The van der Waals surface area contributed by atoms with Crippen LogP contribution in [-0.4, -0.2) is 24.3 Å². The number of allylic oxidation sites excluding steroid dienone is 1. The molecule has 0 aliphatic rings. The Morgan fingerprint density at radius 1 is 1.18 bits per heavy atom. The van der Waals surface area contributed by atoms with Gasteiger partial charge in [0.25, 0.3) is 0 Å². The highest BCUT2D eigenvalue weighted by atomic mass is 16.5. The number of esters is 1. The van der Waals surface area contributed by atoms with Crippen molar-refractivity contribution in [3.05, 3.63) is 12.7 Å². The van der Waals surface area contributed by atoms with Crippen LogP contribution in [0.5, 0.6) is 0 Å². The van der Waals surface area contributed by atoms with Gasteiger partial charge in [0.2, 0.25) is 0 Å². The molecule has 1 atom stereocenters. The summed E-state index contributed by atoms with van der Waals surface area (Å²) in [4.78, 5) is 10.9. The van der Waals surface area contributed by atoms with Gasteiger partial charge in [-0.3, -0.25) is 4.79 Å². The van der Waals surface area contributed by atoms with Gasteiger partial charge in [-0.15, -0.1) is 6.58 Å². The van der Waals surface area contributed by atoms with Crippen molar-refractivity contribution in [3.8, 4) is 23.7 Å². The highest BCUT2D eigenvalue weighted by Gasteiger charge is 2.01. The van der Waals surface area contributed by atoms with Crippen LogP contribution in [0, 0.1) is 23.7 Å². The Morgan fingerprint density at radius 2 is 1.95 bits per heavy atom. The third-order valence-corrected chi connectivity index (χ3v) is 3.19. The number of unbranched alkanes of at least 4 members (excludes halogenated alkanes) is 6. The van der Waals surface area contributed by atoms with E-state index in [9.17, 15) is 9.90 Å². The fourth-order valence-corrected chi connectivity index (χ4v) is 1.86. The van der Waals surface area contributed by atoms with E-state index in [-0.39, 0.29) is 5.97 Å². The lowest BCUT2D eigenvalue weighted by Gasteiger charge is -2.03.